The summed E-state index contributed by atoms with van der Waals surface area (Å²) in [6, 6.07) is 6.79. The van der Waals surface area contributed by atoms with Crippen LogP contribution in [0.1, 0.15) is 30.9 Å². The highest BCUT2D eigenvalue weighted by Crippen LogP contribution is 2.25. The first-order valence-electron chi connectivity index (χ1n) is 6.69. The zero-order valence-corrected chi connectivity index (χ0v) is 13.0. The van der Waals surface area contributed by atoms with Crippen LogP contribution in [0.5, 0.6) is 0 Å². The number of aryl methyl sites for hydroxylation is 1. The van der Waals surface area contributed by atoms with E-state index in [9.17, 15) is 4.79 Å². The van der Waals surface area contributed by atoms with Crippen LogP contribution in [0, 0.1) is 12.8 Å². The first-order chi connectivity index (χ1) is 8.97. The molecule has 0 bridgehead atoms. The van der Waals surface area contributed by atoms with Crippen molar-refractivity contribution in [1.82, 2.24) is 4.90 Å². The second kappa shape index (κ2) is 6.06. The molecule has 0 saturated carbocycles. The average Bonchev–Trinajstić information content (AvgIpc) is 2.36. The highest BCUT2D eigenvalue weighted by Gasteiger charge is 2.29. The summed E-state index contributed by atoms with van der Waals surface area (Å²) in [4.78, 5) is 13.4. The first kappa shape index (κ1) is 14.5. The summed E-state index contributed by atoms with van der Waals surface area (Å²) in [5.41, 5.74) is 2.47. The Hall–Kier alpha value is -0.870. The van der Waals surface area contributed by atoms with Crippen LogP contribution in [0.25, 0.3) is 0 Å². The Morgan fingerprint density at radius 3 is 2.84 bits per heavy atom. The second-order valence-corrected chi connectivity index (χ2v) is 6.33. The number of carboxylic acid groups (broad SMARTS) is 1. The number of likely N-dealkylation sites (tertiary alicyclic amines) is 1. The maximum Gasteiger partial charge on any atom is 0.307 e. The van der Waals surface area contributed by atoms with Gasteiger partial charge in [0.25, 0.3) is 0 Å². The van der Waals surface area contributed by atoms with Crippen molar-refractivity contribution < 1.29 is 9.90 Å². The van der Waals surface area contributed by atoms with E-state index in [4.69, 9.17) is 5.11 Å². The number of carbonyl (C=O) groups is 1. The maximum absolute atomic E-state index is 11.1. The van der Waals surface area contributed by atoms with Crippen molar-refractivity contribution in [3.8, 4) is 0 Å². The highest BCUT2D eigenvalue weighted by atomic mass is 79.9. The van der Waals surface area contributed by atoms with Gasteiger partial charge in [-0.2, -0.15) is 0 Å². The number of hydrogen-bond acceptors (Lipinski definition) is 2. The third-order valence-corrected chi connectivity index (χ3v) is 4.86. The predicted molar refractivity (Wildman–Crippen MR) is 79.1 cm³/mol. The van der Waals surface area contributed by atoms with E-state index < -0.39 is 5.97 Å². The standard InChI is InChI=1S/C15H20BrNO2/c1-10-7-12(4-6-14(10)16)8-17-9-13(15(18)19)5-3-11(17)2/h4,6-7,11,13H,3,5,8-9H2,1-2H3,(H,18,19). The molecule has 1 N–H and O–H groups in total. The van der Waals surface area contributed by atoms with Gasteiger partial charge in [0.05, 0.1) is 5.92 Å². The van der Waals surface area contributed by atoms with Crippen LogP contribution in [0.4, 0.5) is 0 Å². The van der Waals surface area contributed by atoms with Gasteiger partial charge in [-0.25, -0.2) is 0 Å². The van der Waals surface area contributed by atoms with Gasteiger partial charge in [0.2, 0.25) is 0 Å². The summed E-state index contributed by atoms with van der Waals surface area (Å²) in [6.45, 7) is 5.75. The van der Waals surface area contributed by atoms with E-state index in [2.05, 4.69) is 52.9 Å². The molecule has 2 atom stereocenters. The molecule has 0 aliphatic carbocycles. The van der Waals surface area contributed by atoms with E-state index in [1.165, 1.54) is 11.1 Å². The lowest BCUT2D eigenvalue weighted by atomic mass is 9.93. The molecule has 3 nitrogen and oxygen atoms in total. The maximum atomic E-state index is 11.1. The number of halogens is 1. The van der Waals surface area contributed by atoms with E-state index in [1.54, 1.807) is 0 Å². The van der Waals surface area contributed by atoms with Crippen molar-refractivity contribution in [3.05, 3.63) is 33.8 Å². The molecule has 1 aromatic rings. The van der Waals surface area contributed by atoms with Gasteiger partial charge >= 0.3 is 5.97 Å². The molecule has 19 heavy (non-hydrogen) atoms. The molecule has 0 aromatic heterocycles. The fourth-order valence-corrected chi connectivity index (χ4v) is 2.89. The summed E-state index contributed by atoms with van der Waals surface area (Å²) < 4.78 is 1.12. The Bertz CT molecular complexity index is 475. The van der Waals surface area contributed by atoms with Crippen LogP contribution < -0.4 is 0 Å². The smallest absolute Gasteiger partial charge is 0.307 e. The number of aliphatic carboxylic acids is 1. The summed E-state index contributed by atoms with van der Waals surface area (Å²) in [5.74, 6) is -0.878. The van der Waals surface area contributed by atoms with Crippen molar-refractivity contribution in [3.63, 3.8) is 0 Å². The van der Waals surface area contributed by atoms with Gasteiger partial charge < -0.3 is 5.11 Å². The molecule has 1 saturated heterocycles. The molecular formula is C15H20BrNO2. The van der Waals surface area contributed by atoms with Crippen LogP contribution in [0.3, 0.4) is 0 Å². The minimum absolute atomic E-state index is 0.215. The summed E-state index contributed by atoms with van der Waals surface area (Å²) in [6.07, 6.45) is 1.76. The molecular weight excluding hydrogens is 306 g/mol. The first-order valence-corrected chi connectivity index (χ1v) is 7.48. The minimum atomic E-state index is -0.663. The fraction of sp³-hybridized carbons (Fsp3) is 0.533. The average molecular weight is 326 g/mol. The fourth-order valence-electron chi connectivity index (χ4n) is 2.64. The zero-order valence-electron chi connectivity index (χ0n) is 11.4. The lowest BCUT2D eigenvalue weighted by molar-refractivity contribution is -0.144. The molecule has 1 heterocycles. The van der Waals surface area contributed by atoms with Gasteiger partial charge in [0.15, 0.2) is 0 Å². The predicted octanol–water partition coefficient (Wildman–Crippen LogP) is 3.44. The highest BCUT2D eigenvalue weighted by molar-refractivity contribution is 9.10. The van der Waals surface area contributed by atoms with Crippen LogP contribution in [-0.2, 0) is 11.3 Å². The number of rotatable bonds is 3. The normalized spacial score (nSPS) is 24.4. The van der Waals surface area contributed by atoms with Gasteiger partial charge in [-0.05, 0) is 43.9 Å². The number of nitrogens with zero attached hydrogens (tertiary/aromatic N) is 1. The number of carboxylic acids is 1. The molecule has 104 valence electrons. The molecule has 1 aliphatic heterocycles. The zero-order chi connectivity index (χ0) is 14.0. The lowest BCUT2D eigenvalue weighted by Crippen LogP contribution is -2.43. The molecule has 4 heteroatoms. The van der Waals surface area contributed by atoms with Crippen molar-refractivity contribution in [2.24, 2.45) is 5.92 Å². The largest absolute Gasteiger partial charge is 0.481 e. The number of piperidine rings is 1. The SMILES string of the molecule is Cc1cc(CN2CC(C(=O)O)CCC2C)ccc1Br. The number of benzene rings is 1. The Balaban J connectivity index is 2.07. The third-order valence-electron chi connectivity index (χ3n) is 3.97. The molecule has 0 radical (unpaired) electrons. The Morgan fingerprint density at radius 1 is 1.47 bits per heavy atom. The molecule has 0 spiro atoms. The van der Waals surface area contributed by atoms with E-state index in [-0.39, 0.29) is 5.92 Å². The third kappa shape index (κ3) is 3.57. The summed E-state index contributed by atoms with van der Waals surface area (Å²) >= 11 is 3.50. The molecule has 1 aliphatic rings. The molecule has 1 aromatic carbocycles. The molecule has 2 unspecified atom stereocenters. The Kier molecular flexibility index (Phi) is 4.63. The van der Waals surface area contributed by atoms with Crippen LogP contribution in [0.2, 0.25) is 0 Å². The topological polar surface area (TPSA) is 40.5 Å². The Morgan fingerprint density at radius 2 is 2.21 bits per heavy atom. The molecule has 1 fully saturated rings. The van der Waals surface area contributed by atoms with E-state index in [1.807, 2.05) is 0 Å². The quantitative estimate of drug-likeness (QED) is 0.925. The van der Waals surface area contributed by atoms with Crippen LogP contribution >= 0.6 is 15.9 Å². The molecule has 2 rings (SSSR count). The second-order valence-electron chi connectivity index (χ2n) is 5.47. The van der Waals surface area contributed by atoms with Gasteiger partial charge in [-0.1, -0.05) is 28.1 Å². The minimum Gasteiger partial charge on any atom is -0.481 e. The van der Waals surface area contributed by atoms with Crippen molar-refractivity contribution in [2.45, 2.75) is 39.3 Å². The van der Waals surface area contributed by atoms with Gasteiger partial charge in [0.1, 0.15) is 0 Å². The van der Waals surface area contributed by atoms with Crippen LogP contribution in [-0.4, -0.2) is 28.6 Å². The Labute approximate surface area is 122 Å². The summed E-state index contributed by atoms with van der Waals surface area (Å²) in [5, 5.41) is 9.16. The summed E-state index contributed by atoms with van der Waals surface area (Å²) in [7, 11) is 0. The van der Waals surface area contributed by atoms with Crippen molar-refractivity contribution >= 4 is 21.9 Å². The van der Waals surface area contributed by atoms with E-state index in [0.717, 1.165) is 23.9 Å². The van der Waals surface area contributed by atoms with E-state index in [0.29, 0.717) is 12.6 Å². The monoisotopic (exact) mass is 325 g/mol. The van der Waals surface area contributed by atoms with Crippen LogP contribution in [0.15, 0.2) is 22.7 Å². The van der Waals surface area contributed by atoms with Crippen molar-refractivity contribution in [2.75, 3.05) is 6.54 Å². The van der Waals surface area contributed by atoms with Crippen molar-refractivity contribution in [1.29, 1.82) is 0 Å². The van der Waals surface area contributed by atoms with Gasteiger partial charge in [-0.15, -0.1) is 0 Å². The lowest BCUT2D eigenvalue weighted by Gasteiger charge is -2.36. The van der Waals surface area contributed by atoms with E-state index >= 15 is 0 Å². The molecule has 0 amide bonds. The number of hydrogen-bond donors (Lipinski definition) is 1. The van der Waals surface area contributed by atoms with Gasteiger partial charge in [0, 0.05) is 23.6 Å². The van der Waals surface area contributed by atoms with Gasteiger partial charge in [-0.3, -0.25) is 9.69 Å².